The van der Waals surface area contributed by atoms with Crippen molar-refractivity contribution in [1.29, 1.82) is 0 Å². The molecule has 1 unspecified atom stereocenters. The summed E-state index contributed by atoms with van der Waals surface area (Å²) >= 11 is 0. The van der Waals surface area contributed by atoms with E-state index in [1.54, 1.807) is 0 Å². The van der Waals surface area contributed by atoms with E-state index in [1.807, 2.05) is 13.8 Å². The molecule has 0 bridgehead atoms. The van der Waals surface area contributed by atoms with Gasteiger partial charge < -0.3 is 9.84 Å². The minimum Gasteiger partial charge on any atom is -0.389 e. The van der Waals surface area contributed by atoms with Gasteiger partial charge in [-0.15, -0.1) is 6.42 Å². The molecule has 0 rings (SSSR count). The number of aliphatic hydroxyl groups is 1. The Bertz CT molecular complexity index is 206. The maximum absolute atomic E-state index is 9.56. The number of hydrogen-bond donors (Lipinski definition) is 2. The quantitative estimate of drug-likeness (QED) is 0.620. The number of nitrogens with one attached hydrogen (secondary N) is 1. The van der Waals surface area contributed by atoms with Crippen LogP contribution in [0.5, 0.6) is 0 Å². The Morgan fingerprint density at radius 2 is 2.00 bits per heavy atom. The van der Waals surface area contributed by atoms with E-state index in [0.717, 1.165) is 0 Å². The van der Waals surface area contributed by atoms with Gasteiger partial charge in [0.2, 0.25) is 0 Å². The third-order valence-corrected chi connectivity index (χ3v) is 1.90. The van der Waals surface area contributed by atoms with Crippen LogP contribution in [0.3, 0.4) is 0 Å². The molecule has 0 spiro atoms. The van der Waals surface area contributed by atoms with Crippen molar-refractivity contribution in [2.75, 3.05) is 19.8 Å². The summed E-state index contributed by atoms with van der Waals surface area (Å²) < 4.78 is 5.31. The summed E-state index contributed by atoms with van der Waals surface area (Å²) in [5.41, 5.74) is -0.376. The molecule has 0 aromatic heterocycles. The molecule has 0 saturated heterocycles. The summed E-state index contributed by atoms with van der Waals surface area (Å²) in [6.07, 6.45) is 4.80. The van der Waals surface area contributed by atoms with Gasteiger partial charge >= 0.3 is 0 Å². The Kier molecular flexibility index (Phi) is 6.58. The Hall–Kier alpha value is -0.560. The highest BCUT2D eigenvalue weighted by Gasteiger charge is 2.14. The average molecular weight is 213 g/mol. The van der Waals surface area contributed by atoms with Crippen molar-refractivity contribution >= 4 is 0 Å². The van der Waals surface area contributed by atoms with Crippen LogP contribution >= 0.6 is 0 Å². The van der Waals surface area contributed by atoms with E-state index in [1.165, 1.54) is 0 Å². The van der Waals surface area contributed by atoms with Crippen molar-refractivity contribution in [1.82, 2.24) is 5.32 Å². The maximum Gasteiger partial charge on any atom is 0.0898 e. The van der Waals surface area contributed by atoms with Crippen molar-refractivity contribution < 1.29 is 9.84 Å². The number of terminal acetylenes is 1. The van der Waals surface area contributed by atoms with E-state index in [2.05, 4.69) is 25.1 Å². The zero-order chi connectivity index (χ0) is 11.9. The highest BCUT2D eigenvalue weighted by atomic mass is 16.5. The molecule has 0 saturated carbocycles. The monoisotopic (exact) mass is 213 g/mol. The molecule has 88 valence electrons. The molecule has 3 nitrogen and oxygen atoms in total. The number of aliphatic hydroxyl groups excluding tert-OH is 1. The Balaban J connectivity index is 3.59. The van der Waals surface area contributed by atoms with Crippen LogP contribution in [0.25, 0.3) is 0 Å². The summed E-state index contributed by atoms with van der Waals surface area (Å²) in [5.74, 6) is 3.10. The zero-order valence-electron chi connectivity index (χ0n) is 10.2. The molecule has 1 atom stereocenters. The lowest BCUT2D eigenvalue weighted by Crippen LogP contribution is -2.43. The Morgan fingerprint density at radius 3 is 2.47 bits per heavy atom. The van der Waals surface area contributed by atoms with Crippen LogP contribution in [0.15, 0.2) is 0 Å². The van der Waals surface area contributed by atoms with Gasteiger partial charge in [-0.2, -0.15) is 0 Å². The molecular formula is C12H23NO2. The fourth-order valence-corrected chi connectivity index (χ4v) is 0.923. The first-order chi connectivity index (χ1) is 6.87. The molecule has 2 N–H and O–H groups in total. The highest BCUT2D eigenvalue weighted by Crippen LogP contribution is 1.99. The normalized spacial score (nSPS) is 13.9. The number of hydrogen-bond acceptors (Lipinski definition) is 3. The third kappa shape index (κ3) is 8.44. The van der Waals surface area contributed by atoms with Crippen LogP contribution in [0.1, 0.15) is 27.7 Å². The summed E-state index contributed by atoms with van der Waals surface area (Å²) in [4.78, 5) is 0. The molecule has 0 aromatic rings. The predicted molar refractivity (Wildman–Crippen MR) is 62.6 cm³/mol. The van der Waals surface area contributed by atoms with Gasteiger partial charge in [-0.3, -0.25) is 5.32 Å². The first kappa shape index (κ1) is 14.4. The summed E-state index contributed by atoms with van der Waals surface area (Å²) in [7, 11) is 0. The number of rotatable bonds is 7. The van der Waals surface area contributed by atoms with Crippen LogP contribution < -0.4 is 5.32 Å². The lowest BCUT2D eigenvalue weighted by atomic mass is 10.1. The van der Waals surface area contributed by atoms with Crippen LogP contribution in [0, 0.1) is 18.3 Å². The van der Waals surface area contributed by atoms with E-state index in [0.29, 0.717) is 25.7 Å². The number of β-amino-alcohol motifs (C(OH)–C–C–N with tert-alkyl or cyclic N) is 1. The highest BCUT2D eigenvalue weighted by molar-refractivity contribution is 5.07. The SMILES string of the molecule is C#CC(C)(C)NCC(O)COCC(C)C. The van der Waals surface area contributed by atoms with Crippen LogP contribution in [0.4, 0.5) is 0 Å². The minimum absolute atomic E-state index is 0.353. The fourth-order valence-electron chi connectivity index (χ4n) is 0.923. The van der Waals surface area contributed by atoms with Crippen molar-refractivity contribution in [3.8, 4) is 12.3 Å². The molecule has 0 radical (unpaired) electrons. The fraction of sp³-hybridized carbons (Fsp3) is 0.833. The molecule has 0 aromatic carbocycles. The Morgan fingerprint density at radius 1 is 1.40 bits per heavy atom. The number of ether oxygens (including phenoxy) is 1. The van der Waals surface area contributed by atoms with Gasteiger partial charge in [-0.1, -0.05) is 19.8 Å². The Labute approximate surface area is 93.2 Å². The van der Waals surface area contributed by atoms with Crippen molar-refractivity contribution in [3.63, 3.8) is 0 Å². The first-order valence-electron chi connectivity index (χ1n) is 5.36. The van der Waals surface area contributed by atoms with Gasteiger partial charge in [0, 0.05) is 13.2 Å². The van der Waals surface area contributed by atoms with E-state index in [4.69, 9.17) is 11.2 Å². The summed E-state index contributed by atoms with van der Waals surface area (Å²) in [6, 6.07) is 0. The van der Waals surface area contributed by atoms with Crippen molar-refractivity contribution in [2.45, 2.75) is 39.3 Å². The lowest BCUT2D eigenvalue weighted by molar-refractivity contribution is 0.0244. The zero-order valence-corrected chi connectivity index (χ0v) is 10.2. The minimum atomic E-state index is -0.503. The maximum atomic E-state index is 9.56. The van der Waals surface area contributed by atoms with E-state index >= 15 is 0 Å². The molecule has 0 aliphatic heterocycles. The standard InChI is InChI=1S/C12H23NO2/c1-6-12(4,5)13-7-11(14)9-15-8-10(2)3/h1,10-11,13-14H,7-9H2,2-5H3. The van der Waals surface area contributed by atoms with E-state index in [9.17, 15) is 5.11 Å². The predicted octanol–water partition coefficient (Wildman–Crippen LogP) is 1.02. The molecule has 3 heteroatoms. The summed E-state index contributed by atoms with van der Waals surface area (Å²) in [6.45, 7) is 9.43. The van der Waals surface area contributed by atoms with Crippen LogP contribution in [-0.2, 0) is 4.74 Å². The molecule has 0 aliphatic carbocycles. The van der Waals surface area contributed by atoms with Crippen molar-refractivity contribution in [3.05, 3.63) is 0 Å². The van der Waals surface area contributed by atoms with Gasteiger partial charge in [0.15, 0.2) is 0 Å². The second-order valence-electron chi connectivity index (χ2n) is 4.74. The summed E-state index contributed by atoms with van der Waals surface area (Å²) in [5, 5.41) is 12.6. The molecule has 0 heterocycles. The van der Waals surface area contributed by atoms with Gasteiger partial charge in [0.05, 0.1) is 18.2 Å². The topological polar surface area (TPSA) is 41.5 Å². The molecule has 0 amide bonds. The lowest BCUT2D eigenvalue weighted by Gasteiger charge is -2.22. The molecule has 0 fully saturated rings. The molecule has 15 heavy (non-hydrogen) atoms. The van der Waals surface area contributed by atoms with Crippen molar-refractivity contribution in [2.24, 2.45) is 5.92 Å². The average Bonchev–Trinajstić information content (AvgIpc) is 2.14. The molecular weight excluding hydrogens is 190 g/mol. The van der Waals surface area contributed by atoms with Gasteiger partial charge in [-0.05, 0) is 19.8 Å². The van der Waals surface area contributed by atoms with Gasteiger partial charge in [0.25, 0.3) is 0 Å². The van der Waals surface area contributed by atoms with E-state index < -0.39 is 6.10 Å². The van der Waals surface area contributed by atoms with E-state index in [-0.39, 0.29) is 5.54 Å². The van der Waals surface area contributed by atoms with Gasteiger partial charge in [0.1, 0.15) is 0 Å². The van der Waals surface area contributed by atoms with Gasteiger partial charge in [-0.25, -0.2) is 0 Å². The molecule has 0 aliphatic rings. The smallest absolute Gasteiger partial charge is 0.0898 e. The second-order valence-corrected chi connectivity index (χ2v) is 4.74. The largest absolute Gasteiger partial charge is 0.389 e. The first-order valence-corrected chi connectivity index (χ1v) is 5.36. The van der Waals surface area contributed by atoms with Crippen LogP contribution in [0.2, 0.25) is 0 Å². The second kappa shape index (κ2) is 6.84. The third-order valence-electron chi connectivity index (χ3n) is 1.90. The van der Waals surface area contributed by atoms with Crippen LogP contribution in [-0.4, -0.2) is 36.5 Å².